The van der Waals surface area contributed by atoms with Crippen molar-refractivity contribution in [2.24, 2.45) is 11.3 Å². The highest BCUT2D eigenvalue weighted by atomic mass is 16.5. The van der Waals surface area contributed by atoms with Crippen LogP contribution in [0.3, 0.4) is 0 Å². The lowest BCUT2D eigenvalue weighted by atomic mass is 9.71. The molecule has 1 aromatic heterocycles. The molecule has 2 unspecified atom stereocenters. The Hall–Kier alpha value is -1.38. The molecule has 0 saturated heterocycles. The van der Waals surface area contributed by atoms with E-state index in [4.69, 9.17) is 4.74 Å². The molecule has 3 nitrogen and oxygen atoms in total. The van der Waals surface area contributed by atoms with E-state index in [-0.39, 0.29) is 6.10 Å². The molecule has 1 aliphatic carbocycles. The minimum Gasteiger partial charge on any atom is -0.474 e. The summed E-state index contributed by atoms with van der Waals surface area (Å²) in [6, 6.07) is 1.83. The standard InChI is InChI=1S/C16H23NO2/c1-11-5-14(8-16(3,4)7-11)19-15-12(2)6-13(10-18)9-17-15/h6,9-11,14H,5,7-8H2,1-4H3. The second kappa shape index (κ2) is 5.32. The Morgan fingerprint density at radius 3 is 2.74 bits per heavy atom. The van der Waals surface area contributed by atoms with Crippen LogP contribution in [-0.4, -0.2) is 17.4 Å². The lowest BCUT2D eigenvalue weighted by Crippen LogP contribution is -2.34. The Kier molecular flexibility index (Phi) is 3.93. The highest BCUT2D eigenvalue weighted by Gasteiger charge is 2.33. The normalized spacial score (nSPS) is 25.9. The number of rotatable bonds is 3. The van der Waals surface area contributed by atoms with E-state index < -0.39 is 0 Å². The predicted molar refractivity (Wildman–Crippen MR) is 75.6 cm³/mol. The minimum atomic E-state index is 0.229. The molecule has 0 N–H and O–H groups in total. The Labute approximate surface area is 115 Å². The molecule has 0 aromatic carbocycles. The number of carbonyl (C=O) groups is 1. The van der Waals surface area contributed by atoms with E-state index in [1.165, 1.54) is 6.42 Å². The lowest BCUT2D eigenvalue weighted by molar-refractivity contribution is 0.0527. The monoisotopic (exact) mass is 261 g/mol. The van der Waals surface area contributed by atoms with Crippen LogP contribution >= 0.6 is 0 Å². The van der Waals surface area contributed by atoms with Crippen LogP contribution in [0.4, 0.5) is 0 Å². The first-order valence-corrected chi connectivity index (χ1v) is 6.98. The van der Waals surface area contributed by atoms with Crippen LogP contribution in [0.25, 0.3) is 0 Å². The molecule has 0 bridgehead atoms. The average molecular weight is 261 g/mol. The van der Waals surface area contributed by atoms with Crippen molar-refractivity contribution < 1.29 is 9.53 Å². The molecule has 1 aromatic rings. The van der Waals surface area contributed by atoms with Gasteiger partial charge in [0.15, 0.2) is 6.29 Å². The Morgan fingerprint density at radius 1 is 1.42 bits per heavy atom. The first-order valence-electron chi connectivity index (χ1n) is 6.98. The summed E-state index contributed by atoms with van der Waals surface area (Å²) in [5.41, 5.74) is 1.86. The first kappa shape index (κ1) is 14.0. The van der Waals surface area contributed by atoms with E-state index in [2.05, 4.69) is 25.8 Å². The van der Waals surface area contributed by atoms with Gasteiger partial charge in [0.2, 0.25) is 5.88 Å². The Bertz CT molecular complexity index is 468. The Morgan fingerprint density at radius 2 is 2.16 bits per heavy atom. The third-order valence-electron chi connectivity index (χ3n) is 3.81. The van der Waals surface area contributed by atoms with E-state index in [9.17, 15) is 4.79 Å². The van der Waals surface area contributed by atoms with Crippen LogP contribution in [0.1, 0.15) is 56.0 Å². The van der Waals surface area contributed by atoms with Crippen molar-refractivity contribution >= 4 is 6.29 Å². The summed E-state index contributed by atoms with van der Waals surface area (Å²) in [6.45, 7) is 8.82. The molecule has 0 spiro atoms. The van der Waals surface area contributed by atoms with Gasteiger partial charge in [-0.3, -0.25) is 4.79 Å². The topological polar surface area (TPSA) is 39.2 Å². The van der Waals surface area contributed by atoms with Gasteiger partial charge in [-0.05, 0) is 43.6 Å². The highest BCUT2D eigenvalue weighted by molar-refractivity contribution is 5.74. The molecule has 2 rings (SSSR count). The summed E-state index contributed by atoms with van der Waals surface area (Å²) < 4.78 is 6.06. The van der Waals surface area contributed by atoms with E-state index in [0.717, 1.165) is 24.7 Å². The number of aromatic nitrogens is 1. The van der Waals surface area contributed by atoms with Gasteiger partial charge >= 0.3 is 0 Å². The minimum absolute atomic E-state index is 0.229. The van der Waals surface area contributed by atoms with Crippen molar-refractivity contribution in [3.05, 3.63) is 23.4 Å². The van der Waals surface area contributed by atoms with Gasteiger partial charge in [0.1, 0.15) is 6.10 Å². The summed E-state index contributed by atoms with van der Waals surface area (Å²) in [5, 5.41) is 0. The van der Waals surface area contributed by atoms with Gasteiger partial charge in [0.25, 0.3) is 0 Å². The maximum absolute atomic E-state index is 10.7. The fourth-order valence-corrected chi connectivity index (χ4v) is 3.28. The summed E-state index contributed by atoms with van der Waals surface area (Å²) in [7, 11) is 0. The van der Waals surface area contributed by atoms with E-state index in [0.29, 0.717) is 22.8 Å². The molecule has 0 amide bonds. The van der Waals surface area contributed by atoms with Gasteiger partial charge in [-0.2, -0.15) is 0 Å². The van der Waals surface area contributed by atoms with Gasteiger partial charge in [0.05, 0.1) is 0 Å². The number of hydrogen-bond donors (Lipinski definition) is 0. The fraction of sp³-hybridized carbons (Fsp3) is 0.625. The molecule has 1 saturated carbocycles. The molecule has 0 radical (unpaired) electrons. The molecular formula is C16H23NO2. The summed E-state index contributed by atoms with van der Waals surface area (Å²) >= 11 is 0. The molecule has 104 valence electrons. The summed E-state index contributed by atoms with van der Waals surface area (Å²) in [4.78, 5) is 15.0. The van der Waals surface area contributed by atoms with Crippen LogP contribution in [-0.2, 0) is 0 Å². The van der Waals surface area contributed by atoms with Gasteiger partial charge < -0.3 is 4.74 Å². The van der Waals surface area contributed by atoms with Crippen LogP contribution in [0.5, 0.6) is 5.88 Å². The molecule has 2 atom stereocenters. The highest BCUT2D eigenvalue weighted by Crippen LogP contribution is 2.40. The zero-order valence-corrected chi connectivity index (χ0v) is 12.3. The number of pyridine rings is 1. The number of aryl methyl sites for hydroxylation is 1. The Balaban J connectivity index is 2.10. The van der Waals surface area contributed by atoms with Crippen molar-refractivity contribution in [3.63, 3.8) is 0 Å². The molecular weight excluding hydrogens is 238 g/mol. The van der Waals surface area contributed by atoms with Crippen molar-refractivity contribution in [2.45, 2.75) is 53.1 Å². The molecule has 1 fully saturated rings. The molecule has 1 heterocycles. The lowest BCUT2D eigenvalue weighted by Gasteiger charge is -2.38. The van der Waals surface area contributed by atoms with Crippen LogP contribution < -0.4 is 4.74 Å². The van der Waals surface area contributed by atoms with Crippen LogP contribution in [0, 0.1) is 18.3 Å². The fourth-order valence-electron chi connectivity index (χ4n) is 3.28. The van der Waals surface area contributed by atoms with Gasteiger partial charge in [0, 0.05) is 17.3 Å². The average Bonchev–Trinajstić information content (AvgIpc) is 2.29. The van der Waals surface area contributed by atoms with Gasteiger partial charge in [-0.1, -0.05) is 20.8 Å². The quantitative estimate of drug-likeness (QED) is 0.777. The molecule has 19 heavy (non-hydrogen) atoms. The third kappa shape index (κ3) is 3.55. The van der Waals surface area contributed by atoms with Crippen LogP contribution in [0.15, 0.2) is 12.3 Å². The summed E-state index contributed by atoms with van der Waals surface area (Å²) in [6.07, 6.45) is 6.02. The number of nitrogens with zero attached hydrogens (tertiary/aromatic N) is 1. The zero-order valence-electron chi connectivity index (χ0n) is 12.3. The smallest absolute Gasteiger partial charge is 0.216 e. The number of carbonyl (C=O) groups excluding carboxylic acids is 1. The van der Waals surface area contributed by atoms with Gasteiger partial charge in [-0.15, -0.1) is 0 Å². The molecule has 0 aliphatic heterocycles. The SMILES string of the molecule is Cc1cc(C=O)cnc1OC1CC(C)CC(C)(C)C1. The van der Waals surface area contributed by atoms with Crippen LogP contribution in [0.2, 0.25) is 0 Å². The van der Waals surface area contributed by atoms with E-state index >= 15 is 0 Å². The molecule has 3 heteroatoms. The van der Waals surface area contributed by atoms with E-state index in [1.54, 1.807) is 6.20 Å². The number of ether oxygens (including phenoxy) is 1. The largest absolute Gasteiger partial charge is 0.474 e. The maximum atomic E-state index is 10.7. The third-order valence-corrected chi connectivity index (χ3v) is 3.81. The van der Waals surface area contributed by atoms with Crippen molar-refractivity contribution in [3.8, 4) is 5.88 Å². The second-order valence-corrected chi connectivity index (χ2v) is 6.66. The zero-order chi connectivity index (χ0) is 14.0. The number of hydrogen-bond acceptors (Lipinski definition) is 3. The second-order valence-electron chi connectivity index (χ2n) is 6.66. The van der Waals surface area contributed by atoms with Crippen molar-refractivity contribution in [1.29, 1.82) is 0 Å². The van der Waals surface area contributed by atoms with E-state index in [1.807, 2.05) is 13.0 Å². The van der Waals surface area contributed by atoms with Crippen molar-refractivity contribution in [1.82, 2.24) is 4.98 Å². The predicted octanol–water partition coefficient (Wildman–Crippen LogP) is 3.80. The van der Waals surface area contributed by atoms with Crippen molar-refractivity contribution in [2.75, 3.05) is 0 Å². The maximum Gasteiger partial charge on any atom is 0.216 e. The summed E-state index contributed by atoms with van der Waals surface area (Å²) in [5.74, 6) is 1.35. The van der Waals surface area contributed by atoms with Gasteiger partial charge in [-0.25, -0.2) is 4.98 Å². The first-order chi connectivity index (χ1) is 8.89. The number of aldehydes is 1. The molecule has 1 aliphatic rings.